The van der Waals surface area contributed by atoms with Crippen LogP contribution in [0.15, 0.2) is 12.1 Å². The van der Waals surface area contributed by atoms with Gasteiger partial charge in [-0.05, 0) is 76.8 Å². The lowest BCUT2D eigenvalue weighted by atomic mass is 9.79. The number of rotatable bonds is 8. The van der Waals surface area contributed by atoms with Gasteiger partial charge in [0, 0.05) is 28.2 Å². The van der Waals surface area contributed by atoms with Gasteiger partial charge in [0.15, 0.2) is 0 Å². The predicted molar refractivity (Wildman–Crippen MR) is 147 cm³/mol. The molecule has 2 rings (SSSR count). The second-order valence-corrected chi connectivity index (χ2v) is 15.6. The van der Waals surface area contributed by atoms with E-state index in [1.165, 1.54) is 0 Å². The molecule has 0 spiro atoms. The Morgan fingerprint density at radius 1 is 1.03 bits per heavy atom. The molecule has 1 aliphatic heterocycles. The molecule has 3 N–H and O–H groups in total. The summed E-state index contributed by atoms with van der Waals surface area (Å²) < 4.78 is 26.5. The lowest BCUT2D eigenvalue weighted by molar-refractivity contribution is 0.140. The molecule has 0 saturated carbocycles. The third-order valence-electron chi connectivity index (χ3n) is 6.63. The fraction of sp³-hybridized carbons (Fsp3) is 0.786. The van der Waals surface area contributed by atoms with Crippen molar-refractivity contribution in [1.82, 2.24) is 10.6 Å². The van der Waals surface area contributed by atoms with Gasteiger partial charge in [-0.3, -0.25) is 9.84 Å². The van der Waals surface area contributed by atoms with Crippen molar-refractivity contribution in [1.29, 1.82) is 0 Å². The van der Waals surface area contributed by atoms with E-state index < -0.39 is 13.4 Å². The quantitative estimate of drug-likeness (QED) is 0.320. The van der Waals surface area contributed by atoms with Gasteiger partial charge in [0.1, 0.15) is 17.3 Å². The van der Waals surface area contributed by atoms with Crippen LogP contribution >= 0.6 is 7.60 Å². The van der Waals surface area contributed by atoms with Gasteiger partial charge >= 0.3 is 7.60 Å². The molecule has 7 heteroatoms. The number of hydrogen-bond acceptors (Lipinski definition) is 6. The number of nitrogens with one attached hydrogen (secondary N) is 2. The van der Waals surface area contributed by atoms with Crippen molar-refractivity contribution in [3.8, 4) is 11.5 Å². The second-order valence-electron chi connectivity index (χ2n) is 13.5. The number of benzene rings is 1. The van der Waals surface area contributed by atoms with Gasteiger partial charge in [0.25, 0.3) is 0 Å². The molecule has 6 nitrogen and oxygen atoms in total. The van der Waals surface area contributed by atoms with Crippen LogP contribution in [0.3, 0.4) is 0 Å². The van der Waals surface area contributed by atoms with Gasteiger partial charge in [-0.15, -0.1) is 0 Å². The smallest absolute Gasteiger partial charge is 0.395 e. The highest BCUT2D eigenvalue weighted by molar-refractivity contribution is 7.55. The summed E-state index contributed by atoms with van der Waals surface area (Å²) in [5, 5.41) is 18.5. The Kier molecular flexibility index (Phi) is 8.93. The zero-order valence-electron chi connectivity index (χ0n) is 24.3. The molecule has 1 aromatic rings. The second kappa shape index (κ2) is 10.4. The van der Waals surface area contributed by atoms with Gasteiger partial charge in [-0.1, -0.05) is 48.5 Å². The molecule has 0 amide bonds. The summed E-state index contributed by atoms with van der Waals surface area (Å²) in [6.07, 6.45) is 2.44. The zero-order valence-corrected chi connectivity index (χ0v) is 25.2. The Hall–Kier alpha value is -1.07. The minimum absolute atomic E-state index is 0.0334. The fourth-order valence-corrected chi connectivity index (χ4v) is 7.42. The van der Waals surface area contributed by atoms with Crippen LogP contribution in [0.25, 0.3) is 0 Å². The van der Waals surface area contributed by atoms with Crippen LogP contribution in [-0.2, 0) is 19.9 Å². The minimum Gasteiger partial charge on any atom is -0.507 e. The van der Waals surface area contributed by atoms with Crippen LogP contribution in [0.1, 0.15) is 113 Å². The molecule has 0 bridgehead atoms. The Balaban J connectivity index is 2.48. The lowest BCUT2D eigenvalue weighted by Crippen LogP contribution is -2.62. The highest BCUT2D eigenvalue weighted by Gasteiger charge is 2.43. The Bertz CT molecular complexity index is 877. The molecule has 0 aliphatic carbocycles. The van der Waals surface area contributed by atoms with Crippen molar-refractivity contribution in [2.24, 2.45) is 0 Å². The van der Waals surface area contributed by atoms with E-state index in [9.17, 15) is 9.67 Å². The average Bonchev–Trinajstić information content (AvgIpc) is 2.63. The van der Waals surface area contributed by atoms with E-state index in [0.717, 1.165) is 24.0 Å². The SMILES string of the molecule is CCOP(=O)(Oc1cc(C(C)(C)C)c(O)c(C(C)(C)C)c1)C(CC)NC1CC(C)(C)NC(C)(C)C1. The van der Waals surface area contributed by atoms with E-state index in [4.69, 9.17) is 9.05 Å². The van der Waals surface area contributed by atoms with Gasteiger partial charge < -0.3 is 14.9 Å². The molecule has 1 heterocycles. The molecule has 1 aromatic carbocycles. The van der Waals surface area contributed by atoms with Crippen molar-refractivity contribution < 1.29 is 18.7 Å². The Morgan fingerprint density at radius 3 is 1.86 bits per heavy atom. The van der Waals surface area contributed by atoms with Crippen LogP contribution in [0.4, 0.5) is 0 Å². The standard InChI is InChI=1S/C28H51N2O4P/c1-13-23(29-19-17-27(9,10)30-28(11,12)18-19)35(32,33-14-2)34-20-15-21(25(3,4)5)24(31)22(16-20)26(6,7)8/h15-16,19,23,29-31H,13-14,17-18H2,1-12H3. The number of phenols is 1. The molecular formula is C28H51N2O4P. The first kappa shape index (κ1) is 30.2. The van der Waals surface area contributed by atoms with Crippen LogP contribution in [0, 0.1) is 0 Å². The van der Waals surface area contributed by atoms with Crippen molar-refractivity contribution >= 4 is 7.60 Å². The van der Waals surface area contributed by atoms with Crippen LogP contribution in [0.2, 0.25) is 0 Å². The normalized spacial score (nSPS) is 21.4. The lowest BCUT2D eigenvalue weighted by Gasteiger charge is -2.47. The first-order chi connectivity index (χ1) is 15.7. The van der Waals surface area contributed by atoms with Crippen molar-refractivity contribution in [3.63, 3.8) is 0 Å². The monoisotopic (exact) mass is 510 g/mol. The fourth-order valence-electron chi connectivity index (χ4n) is 5.46. The molecule has 2 atom stereocenters. The van der Waals surface area contributed by atoms with E-state index in [1.807, 2.05) is 26.0 Å². The molecule has 1 aliphatic rings. The summed E-state index contributed by atoms with van der Waals surface area (Å²) in [5.41, 5.74) is 0.848. The van der Waals surface area contributed by atoms with E-state index in [0.29, 0.717) is 12.2 Å². The average molecular weight is 511 g/mol. The first-order valence-electron chi connectivity index (χ1n) is 13.1. The molecule has 2 unspecified atom stereocenters. The first-order valence-corrected chi connectivity index (χ1v) is 14.7. The maximum absolute atomic E-state index is 14.3. The molecule has 0 aromatic heterocycles. The molecule has 1 saturated heterocycles. The maximum atomic E-state index is 14.3. The number of phenolic OH excluding ortho intramolecular Hbond substituents is 1. The molecule has 1 fully saturated rings. The van der Waals surface area contributed by atoms with Gasteiger partial charge in [-0.2, -0.15) is 0 Å². The maximum Gasteiger partial charge on any atom is 0.395 e. The summed E-state index contributed by atoms with van der Waals surface area (Å²) >= 11 is 0. The van der Waals surface area contributed by atoms with Crippen LogP contribution < -0.4 is 15.2 Å². The highest BCUT2D eigenvalue weighted by atomic mass is 31.2. The largest absolute Gasteiger partial charge is 0.507 e. The van der Waals surface area contributed by atoms with E-state index in [-0.39, 0.29) is 40.3 Å². The van der Waals surface area contributed by atoms with Gasteiger partial charge in [0.2, 0.25) is 0 Å². The number of piperidine rings is 1. The summed E-state index contributed by atoms with van der Waals surface area (Å²) in [5.74, 6) is 0.302. The van der Waals surface area contributed by atoms with E-state index in [2.05, 4.69) is 79.9 Å². The Labute approximate surface area is 214 Å². The predicted octanol–water partition coefficient (Wildman–Crippen LogP) is 7.23. The summed E-state index contributed by atoms with van der Waals surface area (Å²) in [4.78, 5) is 0. The zero-order chi connectivity index (χ0) is 27.0. The summed E-state index contributed by atoms with van der Waals surface area (Å²) in [6.45, 7) is 25.3. The minimum atomic E-state index is -3.57. The van der Waals surface area contributed by atoms with E-state index >= 15 is 0 Å². The third kappa shape index (κ3) is 7.71. The molecule has 202 valence electrons. The molecule has 0 radical (unpaired) electrons. The van der Waals surface area contributed by atoms with Gasteiger partial charge in [0.05, 0.1) is 6.61 Å². The third-order valence-corrected chi connectivity index (χ3v) is 8.99. The number of aromatic hydroxyl groups is 1. The topological polar surface area (TPSA) is 79.8 Å². The van der Waals surface area contributed by atoms with Gasteiger partial charge in [-0.25, -0.2) is 4.57 Å². The summed E-state index contributed by atoms with van der Waals surface area (Å²) in [6, 6.07) is 3.82. The van der Waals surface area contributed by atoms with Crippen molar-refractivity contribution in [2.45, 2.75) is 136 Å². The summed E-state index contributed by atoms with van der Waals surface area (Å²) in [7, 11) is -3.57. The van der Waals surface area contributed by atoms with Crippen molar-refractivity contribution in [3.05, 3.63) is 23.3 Å². The molecule has 35 heavy (non-hydrogen) atoms. The van der Waals surface area contributed by atoms with Crippen LogP contribution in [-0.4, -0.2) is 34.6 Å². The molecular weight excluding hydrogens is 459 g/mol. The van der Waals surface area contributed by atoms with Crippen molar-refractivity contribution in [2.75, 3.05) is 6.61 Å². The number of hydrogen-bond donors (Lipinski definition) is 3. The van der Waals surface area contributed by atoms with Crippen LogP contribution in [0.5, 0.6) is 11.5 Å². The highest BCUT2D eigenvalue weighted by Crippen LogP contribution is 2.55. The van der Waals surface area contributed by atoms with E-state index in [1.54, 1.807) is 0 Å². The Morgan fingerprint density at radius 2 is 1.49 bits per heavy atom.